The van der Waals surface area contributed by atoms with Crippen molar-refractivity contribution in [3.63, 3.8) is 0 Å². The van der Waals surface area contributed by atoms with Crippen molar-refractivity contribution in [2.24, 2.45) is 28.6 Å². The van der Waals surface area contributed by atoms with Gasteiger partial charge in [-0.25, -0.2) is 0 Å². The Morgan fingerprint density at radius 1 is 0.800 bits per heavy atom. The smallest absolute Gasteiger partial charge is 0.186 e. The van der Waals surface area contributed by atoms with Crippen LogP contribution in [0.15, 0.2) is 12.2 Å². The molecule has 2 aliphatic carbocycles. The summed E-state index contributed by atoms with van der Waals surface area (Å²) in [5, 5.41) is 91.4. The van der Waals surface area contributed by atoms with Crippen LogP contribution in [0.4, 0.5) is 0 Å². The minimum Gasteiger partial charge on any atom is -0.394 e. The summed E-state index contributed by atoms with van der Waals surface area (Å²) in [7, 11) is 0. The van der Waals surface area contributed by atoms with Gasteiger partial charge in [-0.05, 0) is 60.7 Å². The van der Waals surface area contributed by atoms with Crippen molar-refractivity contribution in [3.05, 3.63) is 12.2 Å². The van der Waals surface area contributed by atoms with Gasteiger partial charge in [0.2, 0.25) is 0 Å². The molecule has 0 aromatic heterocycles. The van der Waals surface area contributed by atoms with Crippen molar-refractivity contribution in [2.45, 2.75) is 133 Å². The van der Waals surface area contributed by atoms with E-state index in [1.807, 2.05) is 0 Å². The lowest BCUT2D eigenvalue weighted by molar-refractivity contribution is -0.310. The number of hydrogen-bond donors (Lipinski definition) is 9. The largest absolute Gasteiger partial charge is 0.394 e. The highest BCUT2D eigenvalue weighted by atomic mass is 16.7. The molecule has 0 aromatic carbocycles. The van der Waals surface area contributed by atoms with E-state index in [1.54, 1.807) is 0 Å². The number of fused-ring (bicyclic) bond motifs is 1. The summed E-state index contributed by atoms with van der Waals surface area (Å²) in [6, 6.07) is 0. The minimum atomic E-state index is -1.53. The first-order chi connectivity index (χ1) is 21.2. The van der Waals surface area contributed by atoms with Gasteiger partial charge in [-0.3, -0.25) is 0 Å². The maximum Gasteiger partial charge on any atom is 0.186 e. The molecule has 0 aromatic rings. The first kappa shape index (κ1) is 37.0. The zero-order valence-corrected chi connectivity index (χ0v) is 26.7. The van der Waals surface area contributed by atoms with Crippen LogP contribution in [0.2, 0.25) is 0 Å². The molecule has 4 aliphatic rings. The van der Waals surface area contributed by atoms with Crippen molar-refractivity contribution in [2.75, 3.05) is 26.4 Å². The Hall–Kier alpha value is -0.780. The molecule has 0 spiro atoms. The van der Waals surface area contributed by atoms with Gasteiger partial charge in [0.05, 0.1) is 32.5 Å². The summed E-state index contributed by atoms with van der Waals surface area (Å²) in [6.07, 6.45) is -8.50. The predicted octanol–water partition coefficient (Wildman–Crippen LogP) is -0.824. The van der Waals surface area contributed by atoms with Crippen LogP contribution < -0.4 is 0 Å². The molecule has 2 heterocycles. The third-order valence-corrected chi connectivity index (χ3v) is 11.2. The molecule has 16 atom stereocenters. The molecule has 2 saturated heterocycles. The molecular formula is C32H56O13. The molecule has 4 rings (SSSR count). The quantitative estimate of drug-likeness (QED) is 0.118. The van der Waals surface area contributed by atoms with Gasteiger partial charge in [0.25, 0.3) is 0 Å². The predicted molar refractivity (Wildman–Crippen MR) is 159 cm³/mol. The van der Waals surface area contributed by atoms with Crippen molar-refractivity contribution < 1.29 is 64.9 Å². The summed E-state index contributed by atoms with van der Waals surface area (Å²) in [5.41, 5.74) is 0.271. The third kappa shape index (κ3) is 7.61. The lowest BCUT2D eigenvalue weighted by Crippen LogP contribution is -2.61. The fraction of sp³-hybridized carbons (Fsp3) is 0.938. The molecule has 0 amide bonds. The summed E-state index contributed by atoms with van der Waals surface area (Å²) >= 11 is 0. The molecule has 45 heavy (non-hydrogen) atoms. The number of ether oxygens (including phenoxy) is 4. The molecule has 13 nitrogen and oxygen atoms in total. The number of aliphatic hydroxyl groups is 9. The summed E-state index contributed by atoms with van der Waals surface area (Å²) in [6.45, 7) is 10.1. The van der Waals surface area contributed by atoms with Gasteiger partial charge < -0.3 is 64.9 Å². The van der Waals surface area contributed by atoms with Crippen molar-refractivity contribution in [1.29, 1.82) is 0 Å². The van der Waals surface area contributed by atoms with E-state index in [4.69, 9.17) is 18.9 Å². The van der Waals surface area contributed by atoms with Crippen LogP contribution in [-0.2, 0) is 18.9 Å². The van der Waals surface area contributed by atoms with E-state index in [-0.39, 0.29) is 36.4 Å². The summed E-state index contributed by atoms with van der Waals surface area (Å²) in [4.78, 5) is 0. The van der Waals surface area contributed by atoms with Crippen LogP contribution in [0.3, 0.4) is 0 Å². The van der Waals surface area contributed by atoms with Gasteiger partial charge in [0.15, 0.2) is 12.6 Å². The second-order valence-corrected chi connectivity index (χ2v) is 14.5. The molecule has 4 fully saturated rings. The Morgan fingerprint density at radius 2 is 1.36 bits per heavy atom. The normalized spacial score (nSPS) is 48.2. The first-order valence-corrected chi connectivity index (χ1v) is 16.4. The van der Waals surface area contributed by atoms with Crippen molar-refractivity contribution in [1.82, 2.24) is 0 Å². The van der Waals surface area contributed by atoms with Crippen LogP contribution >= 0.6 is 0 Å². The fourth-order valence-electron chi connectivity index (χ4n) is 8.63. The van der Waals surface area contributed by atoms with Crippen LogP contribution in [0.1, 0.15) is 65.7 Å². The van der Waals surface area contributed by atoms with Crippen LogP contribution in [0.5, 0.6) is 0 Å². The summed E-state index contributed by atoms with van der Waals surface area (Å²) in [5.74, 6) is 0.247. The molecule has 2 aliphatic heterocycles. The van der Waals surface area contributed by atoms with E-state index in [9.17, 15) is 46.0 Å². The highest BCUT2D eigenvalue weighted by molar-refractivity contribution is 5.19. The Labute approximate surface area is 265 Å². The topological polar surface area (TPSA) is 219 Å². The molecule has 262 valence electrons. The molecule has 2 saturated carbocycles. The average molecular weight is 649 g/mol. The van der Waals surface area contributed by atoms with E-state index in [0.29, 0.717) is 12.8 Å². The van der Waals surface area contributed by atoms with E-state index in [2.05, 4.69) is 27.4 Å². The Morgan fingerprint density at radius 3 is 1.91 bits per heavy atom. The molecule has 0 bridgehead atoms. The molecule has 0 radical (unpaired) electrons. The van der Waals surface area contributed by atoms with Gasteiger partial charge in [0, 0.05) is 0 Å². The van der Waals surface area contributed by atoms with Crippen LogP contribution in [0.25, 0.3) is 0 Å². The van der Waals surface area contributed by atoms with Gasteiger partial charge in [-0.1, -0.05) is 45.8 Å². The van der Waals surface area contributed by atoms with E-state index >= 15 is 0 Å². The Balaban J connectivity index is 1.35. The number of hydrogen-bond acceptors (Lipinski definition) is 13. The average Bonchev–Trinajstić information content (AvgIpc) is 2.99. The van der Waals surface area contributed by atoms with Crippen molar-refractivity contribution in [3.8, 4) is 0 Å². The Kier molecular flexibility index (Phi) is 12.5. The van der Waals surface area contributed by atoms with Gasteiger partial charge in [-0.2, -0.15) is 0 Å². The lowest BCUT2D eigenvalue weighted by atomic mass is 9.46. The van der Waals surface area contributed by atoms with E-state index in [0.717, 1.165) is 37.7 Å². The summed E-state index contributed by atoms with van der Waals surface area (Å²) < 4.78 is 22.8. The second-order valence-electron chi connectivity index (χ2n) is 14.5. The lowest BCUT2D eigenvalue weighted by Gasteiger charge is -2.60. The zero-order valence-electron chi connectivity index (χ0n) is 26.7. The molecular weight excluding hydrogens is 592 g/mol. The SMILES string of the molecule is C=C1C[C@H](O)[C@H]2[C@@](C)(CO[C@@H]3O[C@H](CO)[C@@H](O)[C@H](O)[C@H]3O)CCC[C@]2(C)[C@H]1CC[C@H](C)CCO[C@H]1O[C@@H](CO)[C@H](O)[C@@H](O)[C@@H]1O. The third-order valence-electron chi connectivity index (χ3n) is 11.2. The van der Waals surface area contributed by atoms with E-state index in [1.165, 1.54) is 0 Å². The van der Waals surface area contributed by atoms with Crippen molar-refractivity contribution >= 4 is 0 Å². The Bertz CT molecular complexity index is 965. The minimum absolute atomic E-state index is 0.135. The molecule has 0 unspecified atom stereocenters. The standard InChI is InChI=1S/C32H56O13/c1-16(8-11-42-29-26(40)24(38)22(36)20(13-33)44-29)6-7-18-17(2)12-19(35)28-31(3,9-5-10-32(18,28)4)15-43-30-27(41)25(39)23(37)21(14-34)45-30/h16,18-30,33-41H,2,5-15H2,1,3-4H3/t16-,18-,19-,20-,21+,22-,23+,24+,25-,26-,27+,28-,29-,30+,31+,32+/m0/s1. The second kappa shape index (κ2) is 15.2. The zero-order chi connectivity index (χ0) is 33.3. The number of aliphatic hydroxyl groups excluding tert-OH is 9. The van der Waals surface area contributed by atoms with E-state index < -0.39 is 86.1 Å². The molecule has 9 N–H and O–H groups in total. The monoisotopic (exact) mass is 648 g/mol. The van der Waals surface area contributed by atoms with Crippen LogP contribution in [-0.4, -0.2) is 140 Å². The maximum absolute atomic E-state index is 11.4. The van der Waals surface area contributed by atoms with Crippen LogP contribution in [0, 0.1) is 28.6 Å². The number of rotatable bonds is 12. The van der Waals surface area contributed by atoms with Gasteiger partial charge in [0.1, 0.15) is 48.8 Å². The maximum atomic E-state index is 11.4. The highest BCUT2D eigenvalue weighted by Crippen LogP contribution is 2.62. The highest BCUT2D eigenvalue weighted by Gasteiger charge is 2.58. The fourth-order valence-corrected chi connectivity index (χ4v) is 8.63. The van der Waals surface area contributed by atoms with Gasteiger partial charge >= 0.3 is 0 Å². The van der Waals surface area contributed by atoms with Gasteiger partial charge in [-0.15, -0.1) is 0 Å². The first-order valence-electron chi connectivity index (χ1n) is 16.4. The molecule has 13 heteroatoms.